The Morgan fingerprint density at radius 1 is 1.15 bits per heavy atom. The van der Waals surface area contributed by atoms with E-state index in [1.165, 1.54) is 4.90 Å². The molecule has 0 aromatic heterocycles. The number of alkyl carbamates (subject to hydrolysis) is 1. The van der Waals surface area contributed by atoms with Gasteiger partial charge in [0.1, 0.15) is 23.2 Å². The molecule has 0 spiro atoms. The lowest BCUT2D eigenvalue weighted by atomic mass is 10.1. The van der Waals surface area contributed by atoms with Gasteiger partial charge in [-0.1, -0.05) is 19.9 Å². The molecule has 2 saturated carbocycles. The van der Waals surface area contributed by atoms with E-state index >= 15 is 0 Å². The number of sulfonamides is 1. The van der Waals surface area contributed by atoms with Crippen LogP contribution < -0.4 is 20.7 Å². The molecule has 0 aromatic rings. The molecule has 218 valence electrons. The van der Waals surface area contributed by atoms with Crippen molar-refractivity contribution in [3.8, 4) is 0 Å². The largest absolute Gasteiger partial charge is 0.444 e. The zero-order chi connectivity index (χ0) is 29.2. The highest BCUT2D eigenvalue weighted by molar-refractivity contribution is 7.91. The maximum atomic E-state index is 13.5. The normalized spacial score (nSPS) is 25.2. The summed E-state index contributed by atoms with van der Waals surface area (Å²) in [6.07, 6.45) is 2.78. The molecule has 39 heavy (non-hydrogen) atoms. The van der Waals surface area contributed by atoms with Crippen LogP contribution in [0.3, 0.4) is 0 Å². The average molecular weight is 570 g/mol. The van der Waals surface area contributed by atoms with E-state index in [9.17, 15) is 32.4 Å². The Hall–Kier alpha value is -3.16. The number of hydrogen-bond acceptors (Lipinski definition) is 8. The average Bonchev–Trinajstić information content (AvgIpc) is 3.76. The fourth-order valence-corrected chi connectivity index (χ4v) is 6.09. The van der Waals surface area contributed by atoms with Gasteiger partial charge in [-0.05, 0) is 64.9 Å². The molecule has 4 N–H and O–H groups in total. The maximum absolute atomic E-state index is 13.5. The van der Waals surface area contributed by atoms with Gasteiger partial charge in [-0.15, -0.1) is 0 Å². The van der Waals surface area contributed by atoms with Crippen LogP contribution in [-0.2, 0) is 33.9 Å². The second-order valence-electron chi connectivity index (χ2n) is 11.3. The highest BCUT2D eigenvalue weighted by Crippen LogP contribution is 2.46. The van der Waals surface area contributed by atoms with Gasteiger partial charge in [0.05, 0.1) is 5.25 Å². The zero-order valence-electron chi connectivity index (χ0n) is 22.9. The third kappa shape index (κ3) is 7.49. The fraction of sp³-hybridized carbons (Fsp3) is 0.720. The Bertz CT molecular complexity index is 1130. The minimum atomic E-state index is -3.80. The van der Waals surface area contributed by atoms with E-state index in [2.05, 4.69) is 27.3 Å². The van der Waals surface area contributed by atoms with E-state index in [-0.39, 0.29) is 19.0 Å². The fourth-order valence-electron chi connectivity index (χ4n) is 4.72. The van der Waals surface area contributed by atoms with Crippen LogP contribution in [0.1, 0.15) is 66.2 Å². The molecule has 0 aromatic carbocycles. The van der Waals surface area contributed by atoms with Crippen LogP contribution in [-0.4, -0.2) is 84.6 Å². The van der Waals surface area contributed by atoms with Crippen molar-refractivity contribution in [2.24, 2.45) is 5.92 Å². The number of carbonyl (C=O) groups excluding carboxylic acids is 5. The molecule has 2 aliphatic carbocycles. The minimum absolute atomic E-state index is 0.214. The second kappa shape index (κ2) is 11.5. The molecule has 1 aliphatic heterocycles. The van der Waals surface area contributed by atoms with Gasteiger partial charge in [-0.2, -0.15) is 0 Å². The van der Waals surface area contributed by atoms with Crippen molar-refractivity contribution < 1.29 is 37.1 Å². The summed E-state index contributed by atoms with van der Waals surface area (Å²) in [7, 11) is -3.80. The van der Waals surface area contributed by atoms with Crippen LogP contribution in [0.15, 0.2) is 12.7 Å². The van der Waals surface area contributed by atoms with Crippen LogP contribution in [0.25, 0.3) is 0 Å². The SMILES string of the molecule is C=CC(=O)NC[C@H](NC(=O)OC(C)(C)C)C(=O)N1CCC[C@H]1C(=O)N[C@]1(C(=O)NS(=O)(=O)C2CC2)C[C@H]1CC. The Kier molecular flexibility index (Phi) is 8.98. The molecular formula is C25H39N5O8S. The topological polar surface area (TPSA) is 180 Å². The molecular weight excluding hydrogens is 530 g/mol. The smallest absolute Gasteiger partial charge is 0.408 e. The summed E-state index contributed by atoms with van der Waals surface area (Å²) in [5.41, 5.74) is -2.20. The van der Waals surface area contributed by atoms with E-state index in [0.717, 1.165) is 6.08 Å². The molecule has 3 aliphatic rings. The highest BCUT2D eigenvalue weighted by Gasteiger charge is 2.62. The highest BCUT2D eigenvalue weighted by atomic mass is 32.2. The molecule has 3 fully saturated rings. The summed E-state index contributed by atoms with van der Waals surface area (Å²) in [5, 5.41) is 7.09. The Balaban J connectivity index is 1.73. The van der Waals surface area contributed by atoms with E-state index in [1.54, 1.807) is 20.8 Å². The van der Waals surface area contributed by atoms with Gasteiger partial charge < -0.3 is 25.6 Å². The Morgan fingerprint density at radius 3 is 2.36 bits per heavy atom. The summed E-state index contributed by atoms with van der Waals surface area (Å²) < 4.78 is 32.1. The number of ether oxygens (including phenoxy) is 1. The molecule has 1 saturated heterocycles. The van der Waals surface area contributed by atoms with Crippen molar-refractivity contribution in [3.63, 3.8) is 0 Å². The van der Waals surface area contributed by atoms with Crippen molar-refractivity contribution in [1.82, 2.24) is 25.6 Å². The molecule has 5 amide bonds. The number of nitrogens with zero attached hydrogens (tertiary/aromatic N) is 1. The lowest BCUT2D eigenvalue weighted by Crippen LogP contribution is -2.59. The molecule has 0 unspecified atom stereocenters. The molecule has 0 bridgehead atoms. The van der Waals surface area contributed by atoms with Crippen molar-refractivity contribution in [2.75, 3.05) is 13.1 Å². The predicted molar refractivity (Wildman–Crippen MR) is 140 cm³/mol. The first kappa shape index (κ1) is 30.4. The van der Waals surface area contributed by atoms with Crippen molar-refractivity contribution >= 4 is 39.7 Å². The summed E-state index contributed by atoms with van der Waals surface area (Å²) >= 11 is 0. The van der Waals surface area contributed by atoms with Crippen LogP contribution >= 0.6 is 0 Å². The summed E-state index contributed by atoms with van der Waals surface area (Å²) in [5.74, 6) is -2.75. The predicted octanol–water partition coefficient (Wildman–Crippen LogP) is 0.0662. The summed E-state index contributed by atoms with van der Waals surface area (Å²) in [6, 6.07) is -2.18. The number of nitrogens with one attached hydrogen (secondary N) is 4. The standard InChI is InChI=1S/C25H39N5O8S/c1-6-15-13-25(15,22(34)29-39(36,37)16-10-11-16)28-20(32)18-9-8-12-30(18)21(33)17(14-26-19(31)7-2)27-23(35)38-24(3,4)5/h7,15-18H,2,6,8-14H2,1,3-5H3,(H,26,31)(H,27,35)(H,28,32)(H,29,34)/t15-,17+,18+,25-/m1/s1. The molecule has 13 nitrogen and oxygen atoms in total. The summed E-state index contributed by atoms with van der Waals surface area (Å²) in [4.78, 5) is 65.4. The van der Waals surface area contributed by atoms with Crippen LogP contribution in [0, 0.1) is 5.92 Å². The first-order valence-electron chi connectivity index (χ1n) is 13.2. The molecule has 4 atom stereocenters. The number of hydrogen-bond donors (Lipinski definition) is 4. The Morgan fingerprint density at radius 2 is 1.82 bits per heavy atom. The second-order valence-corrected chi connectivity index (χ2v) is 13.2. The van der Waals surface area contributed by atoms with Crippen LogP contribution in [0.4, 0.5) is 4.79 Å². The first-order valence-corrected chi connectivity index (χ1v) is 14.8. The number of rotatable bonds is 11. The summed E-state index contributed by atoms with van der Waals surface area (Å²) in [6.45, 7) is 10.1. The zero-order valence-corrected chi connectivity index (χ0v) is 23.7. The quantitative estimate of drug-likeness (QED) is 0.252. The van der Waals surface area contributed by atoms with Gasteiger partial charge in [0, 0.05) is 13.1 Å². The molecule has 0 radical (unpaired) electrons. The van der Waals surface area contributed by atoms with Gasteiger partial charge in [-0.25, -0.2) is 13.2 Å². The van der Waals surface area contributed by atoms with E-state index in [0.29, 0.717) is 38.5 Å². The van der Waals surface area contributed by atoms with Crippen molar-refractivity contribution in [3.05, 3.63) is 12.7 Å². The van der Waals surface area contributed by atoms with Gasteiger partial charge >= 0.3 is 6.09 Å². The van der Waals surface area contributed by atoms with Gasteiger partial charge in [0.25, 0.3) is 5.91 Å². The third-order valence-corrected chi connectivity index (χ3v) is 8.86. The van der Waals surface area contributed by atoms with Crippen molar-refractivity contribution in [2.45, 2.75) is 94.7 Å². The molecule has 3 rings (SSSR count). The maximum Gasteiger partial charge on any atom is 0.408 e. The Labute approximate surface area is 228 Å². The van der Waals surface area contributed by atoms with Crippen molar-refractivity contribution in [1.29, 1.82) is 0 Å². The van der Waals surface area contributed by atoms with Crippen LogP contribution in [0.5, 0.6) is 0 Å². The molecule has 1 heterocycles. The lowest BCUT2D eigenvalue weighted by Gasteiger charge is -2.30. The number of carbonyl (C=O) groups is 5. The third-order valence-electron chi connectivity index (χ3n) is 7.04. The van der Waals surface area contributed by atoms with Gasteiger partial charge in [-0.3, -0.25) is 23.9 Å². The first-order chi connectivity index (χ1) is 18.1. The van der Waals surface area contributed by atoms with Gasteiger partial charge in [0.15, 0.2) is 0 Å². The minimum Gasteiger partial charge on any atom is -0.444 e. The molecule has 14 heteroatoms. The van der Waals surface area contributed by atoms with E-state index < -0.39 is 68.2 Å². The van der Waals surface area contributed by atoms with Gasteiger partial charge in [0.2, 0.25) is 27.7 Å². The number of amides is 5. The van der Waals surface area contributed by atoms with E-state index in [4.69, 9.17) is 4.74 Å². The monoisotopic (exact) mass is 569 g/mol. The van der Waals surface area contributed by atoms with Crippen LogP contribution in [0.2, 0.25) is 0 Å². The lowest BCUT2D eigenvalue weighted by molar-refractivity contribution is -0.141. The van der Waals surface area contributed by atoms with E-state index in [1.807, 2.05) is 6.92 Å². The number of likely N-dealkylation sites (tertiary alicyclic amines) is 1.